The molecule has 3 aromatic rings. The number of benzene rings is 1. The van der Waals surface area contributed by atoms with Crippen LogP contribution < -0.4 is 0 Å². The summed E-state index contributed by atoms with van der Waals surface area (Å²) in [5.74, 6) is -0.284. The van der Waals surface area contributed by atoms with Crippen molar-refractivity contribution >= 4 is 11.2 Å². The molecular weight excluding hydrogens is 207 g/mol. The molecule has 5 heteroatoms. The Labute approximate surface area is 90.4 Å². The van der Waals surface area contributed by atoms with Crippen molar-refractivity contribution in [3.63, 3.8) is 0 Å². The Morgan fingerprint density at radius 1 is 1.19 bits per heavy atom. The average molecular weight is 214 g/mol. The van der Waals surface area contributed by atoms with E-state index in [1.54, 1.807) is 29.2 Å². The van der Waals surface area contributed by atoms with Crippen molar-refractivity contribution in [2.45, 2.75) is 0 Å². The van der Waals surface area contributed by atoms with Crippen molar-refractivity contribution in [2.75, 3.05) is 0 Å². The third kappa shape index (κ3) is 1.33. The van der Waals surface area contributed by atoms with E-state index in [1.807, 2.05) is 0 Å². The summed E-state index contributed by atoms with van der Waals surface area (Å²) >= 11 is 0. The molecule has 0 aliphatic carbocycles. The summed E-state index contributed by atoms with van der Waals surface area (Å²) in [6.07, 6.45) is 4.67. The molecule has 0 aliphatic rings. The van der Waals surface area contributed by atoms with Crippen LogP contribution in [0.25, 0.3) is 16.9 Å². The maximum atomic E-state index is 13.1. The van der Waals surface area contributed by atoms with Gasteiger partial charge < -0.3 is 0 Å². The molecule has 0 bridgehead atoms. The van der Waals surface area contributed by atoms with Gasteiger partial charge >= 0.3 is 0 Å². The second-order valence-electron chi connectivity index (χ2n) is 3.33. The Bertz CT molecular complexity index is 647. The number of hydrogen-bond acceptors (Lipinski definition) is 3. The molecule has 0 saturated heterocycles. The highest BCUT2D eigenvalue weighted by molar-refractivity contribution is 5.71. The molecule has 16 heavy (non-hydrogen) atoms. The first-order valence-electron chi connectivity index (χ1n) is 4.73. The zero-order chi connectivity index (χ0) is 11.0. The molecule has 0 N–H and O–H groups in total. The van der Waals surface area contributed by atoms with Crippen LogP contribution in [0.2, 0.25) is 0 Å². The second-order valence-corrected chi connectivity index (χ2v) is 3.33. The molecule has 0 spiro atoms. The van der Waals surface area contributed by atoms with Crippen molar-refractivity contribution in [3.8, 4) is 5.69 Å². The van der Waals surface area contributed by atoms with E-state index >= 15 is 0 Å². The zero-order valence-corrected chi connectivity index (χ0v) is 8.21. The maximum Gasteiger partial charge on any atom is 0.167 e. The van der Waals surface area contributed by atoms with Gasteiger partial charge in [-0.3, -0.25) is 4.57 Å². The van der Waals surface area contributed by atoms with E-state index in [1.165, 1.54) is 18.5 Å². The third-order valence-corrected chi connectivity index (χ3v) is 2.30. The maximum absolute atomic E-state index is 13.1. The van der Waals surface area contributed by atoms with Crippen molar-refractivity contribution in [1.29, 1.82) is 0 Å². The minimum Gasteiger partial charge on any atom is -0.283 e. The van der Waals surface area contributed by atoms with E-state index in [9.17, 15) is 4.39 Å². The number of imidazole rings is 1. The lowest BCUT2D eigenvalue weighted by Crippen LogP contribution is -1.94. The fourth-order valence-electron chi connectivity index (χ4n) is 1.58. The zero-order valence-electron chi connectivity index (χ0n) is 8.21. The normalized spacial score (nSPS) is 10.8. The molecule has 0 radical (unpaired) electrons. The minimum atomic E-state index is -0.284. The van der Waals surface area contributed by atoms with Crippen molar-refractivity contribution in [3.05, 3.63) is 48.9 Å². The molecule has 4 nitrogen and oxygen atoms in total. The summed E-state index contributed by atoms with van der Waals surface area (Å²) in [6.45, 7) is 0. The lowest BCUT2D eigenvalue weighted by atomic mass is 10.3. The SMILES string of the molecule is Fc1cccc(-n2cnc3cncnc32)c1. The Morgan fingerprint density at radius 2 is 2.12 bits per heavy atom. The van der Waals surface area contributed by atoms with Crippen molar-refractivity contribution in [2.24, 2.45) is 0 Å². The predicted octanol–water partition coefficient (Wildman–Crippen LogP) is 1.95. The van der Waals surface area contributed by atoms with Gasteiger partial charge in [0.1, 0.15) is 24.0 Å². The Morgan fingerprint density at radius 3 is 3.00 bits per heavy atom. The van der Waals surface area contributed by atoms with Crippen LogP contribution in [0, 0.1) is 5.82 Å². The van der Waals surface area contributed by atoms with E-state index in [-0.39, 0.29) is 5.82 Å². The average Bonchev–Trinajstić information content (AvgIpc) is 2.72. The number of rotatable bonds is 1. The highest BCUT2D eigenvalue weighted by Crippen LogP contribution is 2.15. The molecule has 0 unspecified atom stereocenters. The number of nitrogens with zero attached hydrogens (tertiary/aromatic N) is 4. The fraction of sp³-hybridized carbons (Fsp3) is 0. The molecule has 1 aromatic carbocycles. The molecular formula is C11H7FN4. The second kappa shape index (κ2) is 3.37. The predicted molar refractivity (Wildman–Crippen MR) is 56.6 cm³/mol. The van der Waals surface area contributed by atoms with Gasteiger partial charge in [-0.2, -0.15) is 0 Å². The standard InChI is InChI=1S/C11H7FN4/c12-8-2-1-3-9(4-8)16-7-15-10-5-13-6-14-11(10)16/h1-7H. The Kier molecular flexibility index (Phi) is 1.89. The van der Waals surface area contributed by atoms with Crippen LogP contribution in [-0.4, -0.2) is 19.5 Å². The highest BCUT2D eigenvalue weighted by atomic mass is 19.1. The summed E-state index contributed by atoms with van der Waals surface area (Å²) in [5, 5.41) is 0. The van der Waals surface area contributed by atoms with Gasteiger partial charge in [0.05, 0.1) is 11.9 Å². The van der Waals surface area contributed by atoms with Gasteiger partial charge in [-0.05, 0) is 18.2 Å². The fourth-order valence-corrected chi connectivity index (χ4v) is 1.58. The molecule has 2 aromatic heterocycles. The van der Waals surface area contributed by atoms with Gasteiger partial charge in [0.15, 0.2) is 5.65 Å². The van der Waals surface area contributed by atoms with Crippen LogP contribution in [0.3, 0.4) is 0 Å². The number of aromatic nitrogens is 4. The number of hydrogen-bond donors (Lipinski definition) is 0. The minimum absolute atomic E-state index is 0.284. The van der Waals surface area contributed by atoms with Crippen molar-refractivity contribution in [1.82, 2.24) is 19.5 Å². The summed E-state index contributed by atoms with van der Waals surface area (Å²) < 4.78 is 14.8. The lowest BCUT2D eigenvalue weighted by molar-refractivity contribution is 0.626. The smallest absolute Gasteiger partial charge is 0.167 e. The highest BCUT2D eigenvalue weighted by Gasteiger charge is 2.05. The van der Waals surface area contributed by atoms with Crippen LogP contribution in [0.5, 0.6) is 0 Å². The van der Waals surface area contributed by atoms with Gasteiger partial charge in [-0.25, -0.2) is 19.3 Å². The first-order valence-corrected chi connectivity index (χ1v) is 4.73. The summed E-state index contributed by atoms with van der Waals surface area (Å²) in [4.78, 5) is 12.1. The molecule has 0 atom stereocenters. The molecule has 0 amide bonds. The largest absolute Gasteiger partial charge is 0.283 e. The molecule has 78 valence electrons. The quantitative estimate of drug-likeness (QED) is 0.621. The van der Waals surface area contributed by atoms with Gasteiger partial charge in [-0.1, -0.05) is 6.07 Å². The van der Waals surface area contributed by atoms with Gasteiger partial charge in [0.2, 0.25) is 0 Å². The van der Waals surface area contributed by atoms with Crippen LogP contribution in [0.4, 0.5) is 4.39 Å². The molecule has 0 fully saturated rings. The monoisotopic (exact) mass is 214 g/mol. The first kappa shape index (κ1) is 8.96. The van der Waals surface area contributed by atoms with E-state index in [0.29, 0.717) is 16.9 Å². The van der Waals surface area contributed by atoms with E-state index in [0.717, 1.165) is 0 Å². The molecule has 2 heterocycles. The number of fused-ring (bicyclic) bond motifs is 1. The Balaban J connectivity index is 2.26. The van der Waals surface area contributed by atoms with Crippen molar-refractivity contribution < 1.29 is 4.39 Å². The van der Waals surface area contributed by atoms with Crippen LogP contribution >= 0.6 is 0 Å². The lowest BCUT2D eigenvalue weighted by Gasteiger charge is -2.02. The third-order valence-electron chi connectivity index (χ3n) is 2.30. The van der Waals surface area contributed by atoms with Crippen LogP contribution in [0.1, 0.15) is 0 Å². The summed E-state index contributed by atoms with van der Waals surface area (Å²) in [5.41, 5.74) is 2.05. The van der Waals surface area contributed by atoms with Gasteiger partial charge in [0.25, 0.3) is 0 Å². The van der Waals surface area contributed by atoms with Crippen LogP contribution in [-0.2, 0) is 0 Å². The Hall–Kier alpha value is -2.30. The first-order chi connectivity index (χ1) is 7.84. The van der Waals surface area contributed by atoms with Gasteiger partial charge in [0, 0.05) is 0 Å². The van der Waals surface area contributed by atoms with Crippen LogP contribution in [0.15, 0.2) is 43.1 Å². The number of halogens is 1. The van der Waals surface area contributed by atoms with E-state index in [2.05, 4.69) is 15.0 Å². The molecule has 0 saturated carbocycles. The van der Waals surface area contributed by atoms with E-state index < -0.39 is 0 Å². The summed E-state index contributed by atoms with van der Waals surface area (Å²) in [6, 6.07) is 6.28. The van der Waals surface area contributed by atoms with E-state index in [4.69, 9.17) is 0 Å². The molecule has 0 aliphatic heterocycles. The topological polar surface area (TPSA) is 43.6 Å². The molecule has 3 rings (SSSR count). The summed E-state index contributed by atoms with van der Waals surface area (Å²) in [7, 11) is 0. The van der Waals surface area contributed by atoms with Gasteiger partial charge in [-0.15, -0.1) is 0 Å².